The van der Waals surface area contributed by atoms with Crippen LogP contribution < -0.4 is 5.32 Å². The van der Waals surface area contributed by atoms with E-state index in [4.69, 9.17) is 4.74 Å². The van der Waals surface area contributed by atoms with Gasteiger partial charge in [-0.25, -0.2) is 0 Å². The zero-order chi connectivity index (χ0) is 10.6. The Morgan fingerprint density at radius 3 is 2.67 bits per heavy atom. The Bertz CT molecular complexity index is 181. The molecule has 2 aliphatic rings. The Kier molecular flexibility index (Phi) is 4.04. The van der Waals surface area contributed by atoms with Gasteiger partial charge in [-0.15, -0.1) is 0 Å². The predicted octanol–water partition coefficient (Wildman–Crippen LogP) is 2.87. The maximum atomic E-state index is 5.64. The van der Waals surface area contributed by atoms with Crippen LogP contribution in [-0.2, 0) is 4.74 Å². The first kappa shape index (κ1) is 11.4. The SMILES string of the molecule is CC1(NCCC2CCCO2)CCCCC1. The van der Waals surface area contributed by atoms with Gasteiger partial charge in [0.1, 0.15) is 0 Å². The van der Waals surface area contributed by atoms with E-state index in [2.05, 4.69) is 12.2 Å². The van der Waals surface area contributed by atoms with Crippen LogP contribution in [0.5, 0.6) is 0 Å². The van der Waals surface area contributed by atoms with E-state index in [1.54, 1.807) is 0 Å². The van der Waals surface area contributed by atoms with Crippen molar-refractivity contribution >= 4 is 0 Å². The van der Waals surface area contributed by atoms with Gasteiger partial charge >= 0.3 is 0 Å². The van der Waals surface area contributed by atoms with Crippen LogP contribution in [-0.4, -0.2) is 24.8 Å². The fourth-order valence-electron chi connectivity index (χ4n) is 2.92. The molecule has 2 fully saturated rings. The molecule has 1 unspecified atom stereocenters. The highest BCUT2D eigenvalue weighted by Crippen LogP contribution is 2.27. The topological polar surface area (TPSA) is 21.3 Å². The highest BCUT2D eigenvalue weighted by molar-refractivity contribution is 4.86. The highest BCUT2D eigenvalue weighted by Gasteiger charge is 2.26. The summed E-state index contributed by atoms with van der Waals surface area (Å²) in [4.78, 5) is 0. The fourth-order valence-corrected chi connectivity index (χ4v) is 2.92. The normalized spacial score (nSPS) is 30.6. The van der Waals surface area contributed by atoms with Crippen molar-refractivity contribution in [2.24, 2.45) is 0 Å². The number of ether oxygens (including phenoxy) is 1. The highest BCUT2D eigenvalue weighted by atomic mass is 16.5. The summed E-state index contributed by atoms with van der Waals surface area (Å²) in [5.41, 5.74) is 0.427. The van der Waals surface area contributed by atoms with Crippen LogP contribution in [0.2, 0.25) is 0 Å². The molecule has 1 aliphatic carbocycles. The van der Waals surface area contributed by atoms with E-state index in [1.807, 2.05) is 0 Å². The first-order chi connectivity index (χ1) is 7.29. The van der Waals surface area contributed by atoms with Crippen LogP contribution in [0.3, 0.4) is 0 Å². The third kappa shape index (κ3) is 3.46. The molecule has 0 spiro atoms. The summed E-state index contributed by atoms with van der Waals surface area (Å²) in [5, 5.41) is 3.74. The van der Waals surface area contributed by atoms with Crippen molar-refractivity contribution in [1.29, 1.82) is 0 Å². The van der Waals surface area contributed by atoms with Gasteiger partial charge in [0.05, 0.1) is 6.10 Å². The molecular formula is C13H25NO. The Morgan fingerprint density at radius 1 is 1.20 bits per heavy atom. The minimum Gasteiger partial charge on any atom is -0.378 e. The van der Waals surface area contributed by atoms with Crippen LogP contribution in [0, 0.1) is 0 Å². The molecule has 1 heterocycles. The van der Waals surface area contributed by atoms with E-state index in [9.17, 15) is 0 Å². The molecule has 2 nitrogen and oxygen atoms in total. The quantitative estimate of drug-likeness (QED) is 0.772. The lowest BCUT2D eigenvalue weighted by Gasteiger charge is -2.35. The van der Waals surface area contributed by atoms with Gasteiger partial charge in [-0.05, 0) is 45.6 Å². The molecule has 1 saturated heterocycles. The van der Waals surface area contributed by atoms with Gasteiger partial charge in [0.15, 0.2) is 0 Å². The Hall–Kier alpha value is -0.0800. The van der Waals surface area contributed by atoms with E-state index in [0.29, 0.717) is 11.6 Å². The summed E-state index contributed by atoms with van der Waals surface area (Å²) in [6, 6.07) is 0. The van der Waals surface area contributed by atoms with Gasteiger partial charge < -0.3 is 10.1 Å². The minimum atomic E-state index is 0.427. The van der Waals surface area contributed by atoms with Crippen molar-refractivity contribution in [1.82, 2.24) is 5.32 Å². The first-order valence-corrected chi connectivity index (χ1v) is 6.65. The van der Waals surface area contributed by atoms with Crippen molar-refractivity contribution in [2.45, 2.75) is 69.9 Å². The van der Waals surface area contributed by atoms with Gasteiger partial charge in [-0.1, -0.05) is 19.3 Å². The van der Waals surface area contributed by atoms with Crippen LogP contribution in [0.15, 0.2) is 0 Å². The second kappa shape index (κ2) is 5.31. The van der Waals surface area contributed by atoms with E-state index >= 15 is 0 Å². The van der Waals surface area contributed by atoms with E-state index in [1.165, 1.54) is 51.4 Å². The predicted molar refractivity (Wildman–Crippen MR) is 63.1 cm³/mol. The van der Waals surface area contributed by atoms with Crippen molar-refractivity contribution in [3.8, 4) is 0 Å². The monoisotopic (exact) mass is 211 g/mol. The molecule has 1 N–H and O–H groups in total. The van der Waals surface area contributed by atoms with Gasteiger partial charge in [-0.3, -0.25) is 0 Å². The molecule has 0 amide bonds. The number of hydrogen-bond donors (Lipinski definition) is 1. The van der Waals surface area contributed by atoms with Gasteiger partial charge in [0, 0.05) is 12.1 Å². The molecule has 0 aromatic heterocycles. The van der Waals surface area contributed by atoms with Crippen molar-refractivity contribution in [3.05, 3.63) is 0 Å². The lowest BCUT2D eigenvalue weighted by atomic mass is 9.83. The largest absolute Gasteiger partial charge is 0.378 e. The summed E-state index contributed by atoms with van der Waals surface area (Å²) in [7, 11) is 0. The molecule has 1 atom stereocenters. The van der Waals surface area contributed by atoms with Gasteiger partial charge in [0.25, 0.3) is 0 Å². The number of rotatable bonds is 4. The summed E-state index contributed by atoms with van der Waals surface area (Å²) in [6.07, 6.45) is 11.3. The zero-order valence-electron chi connectivity index (χ0n) is 10.1. The van der Waals surface area contributed by atoms with Crippen molar-refractivity contribution < 1.29 is 4.74 Å². The van der Waals surface area contributed by atoms with Crippen LogP contribution >= 0.6 is 0 Å². The molecule has 1 aliphatic heterocycles. The summed E-state index contributed by atoms with van der Waals surface area (Å²) in [5.74, 6) is 0. The molecule has 88 valence electrons. The summed E-state index contributed by atoms with van der Waals surface area (Å²) < 4.78 is 5.64. The molecular weight excluding hydrogens is 186 g/mol. The maximum absolute atomic E-state index is 5.64. The first-order valence-electron chi connectivity index (χ1n) is 6.65. The van der Waals surface area contributed by atoms with Crippen LogP contribution in [0.1, 0.15) is 58.3 Å². The standard InChI is InChI=1S/C13H25NO/c1-13(8-3-2-4-9-13)14-10-7-12-6-5-11-15-12/h12,14H,2-11H2,1H3. The van der Waals surface area contributed by atoms with E-state index in [0.717, 1.165) is 13.2 Å². The van der Waals surface area contributed by atoms with E-state index < -0.39 is 0 Å². The molecule has 2 rings (SSSR count). The van der Waals surface area contributed by atoms with Gasteiger partial charge in [-0.2, -0.15) is 0 Å². The Balaban J connectivity index is 1.63. The van der Waals surface area contributed by atoms with Crippen molar-refractivity contribution in [3.63, 3.8) is 0 Å². The molecule has 2 heteroatoms. The van der Waals surface area contributed by atoms with Crippen LogP contribution in [0.4, 0.5) is 0 Å². The van der Waals surface area contributed by atoms with E-state index in [-0.39, 0.29) is 0 Å². The smallest absolute Gasteiger partial charge is 0.0588 e. The molecule has 0 aromatic rings. The lowest BCUT2D eigenvalue weighted by molar-refractivity contribution is 0.100. The number of hydrogen-bond acceptors (Lipinski definition) is 2. The molecule has 0 bridgehead atoms. The molecule has 15 heavy (non-hydrogen) atoms. The fraction of sp³-hybridized carbons (Fsp3) is 1.00. The second-order valence-corrected chi connectivity index (χ2v) is 5.47. The summed E-state index contributed by atoms with van der Waals surface area (Å²) in [6.45, 7) is 4.52. The average Bonchev–Trinajstić information content (AvgIpc) is 2.71. The third-order valence-corrected chi connectivity index (χ3v) is 4.00. The van der Waals surface area contributed by atoms with Crippen LogP contribution in [0.25, 0.3) is 0 Å². The zero-order valence-corrected chi connectivity index (χ0v) is 10.1. The Morgan fingerprint density at radius 2 is 2.00 bits per heavy atom. The molecule has 0 radical (unpaired) electrons. The second-order valence-electron chi connectivity index (χ2n) is 5.47. The van der Waals surface area contributed by atoms with Gasteiger partial charge in [0.2, 0.25) is 0 Å². The van der Waals surface area contributed by atoms with Crippen molar-refractivity contribution in [2.75, 3.05) is 13.2 Å². The molecule has 0 aromatic carbocycles. The summed E-state index contributed by atoms with van der Waals surface area (Å²) >= 11 is 0. The molecule has 1 saturated carbocycles. The Labute approximate surface area is 93.8 Å². The lowest BCUT2D eigenvalue weighted by Crippen LogP contribution is -2.44. The average molecular weight is 211 g/mol. The third-order valence-electron chi connectivity index (χ3n) is 4.00. The maximum Gasteiger partial charge on any atom is 0.0588 e. The minimum absolute atomic E-state index is 0.427. The number of nitrogens with one attached hydrogen (secondary N) is 1.